The van der Waals surface area contributed by atoms with Crippen LogP contribution in [0.15, 0.2) is 36.4 Å². The lowest BCUT2D eigenvalue weighted by molar-refractivity contribution is 0.307. The first-order valence-electron chi connectivity index (χ1n) is 6.82. The molecule has 0 saturated heterocycles. The zero-order chi connectivity index (χ0) is 14.5. The molecule has 0 aliphatic heterocycles. The van der Waals surface area contributed by atoms with E-state index >= 15 is 0 Å². The van der Waals surface area contributed by atoms with Crippen molar-refractivity contribution in [1.29, 1.82) is 0 Å². The molecule has 2 rings (SSSR count). The number of anilines is 3. The molecule has 4 heteroatoms. The first-order chi connectivity index (χ1) is 9.63. The summed E-state index contributed by atoms with van der Waals surface area (Å²) >= 11 is 0. The largest absolute Gasteiger partial charge is 0.476 e. The van der Waals surface area contributed by atoms with Crippen LogP contribution >= 0.6 is 0 Å². The van der Waals surface area contributed by atoms with E-state index in [1.165, 1.54) is 5.56 Å². The van der Waals surface area contributed by atoms with Gasteiger partial charge in [0.2, 0.25) is 5.88 Å². The summed E-state index contributed by atoms with van der Waals surface area (Å²) in [7, 11) is 1.99. The van der Waals surface area contributed by atoms with E-state index in [-0.39, 0.29) is 0 Å². The van der Waals surface area contributed by atoms with Gasteiger partial charge in [-0.05, 0) is 37.1 Å². The van der Waals surface area contributed by atoms with Crippen LogP contribution in [-0.2, 0) is 0 Å². The van der Waals surface area contributed by atoms with Crippen LogP contribution in [0.3, 0.4) is 0 Å². The number of hydrogen-bond donors (Lipinski definition) is 1. The minimum absolute atomic E-state index is 0.504. The number of aromatic nitrogens is 1. The molecule has 106 valence electrons. The number of hydrogen-bond acceptors (Lipinski definition) is 4. The monoisotopic (exact) mass is 271 g/mol. The van der Waals surface area contributed by atoms with Crippen LogP contribution < -0.4 is 15.4 Å². The molecule has 1 heterocycles. The van der Waals surface area contributed by atoms with Crippen molar-refractivity contribution in [3.63, 3.8) is 0 Å². The molecule has 0 atom stereocenters. The standard InChI is InChI=1S/C16H21N3O/c1-4-11-20-16-13(17)9-10-15(18-16)19(3)14-8-6-5-7-12(14)2/h5-10H,4,11,17H2,1-3H3. The first-order valence-corrected chi connectivity index (χ1v) is 6.82. The number of nitrogens with two attached hydrogens (primary N) is 1. The van der Waals surface area contributed by atoms with E-state index in [0.29, 0.717) is 18.2 Å². The number of para-hydroxylation sites is 1. The Bertz CT molecular complexity index is 584. The van der Waals surface area contributed by atoms with E-state index in [1.807, 2.05) is 36.2 Å². The van der Waals surface area contributed by atoms with Crippen molar-refractivity contribution in [3.8, 4) is 5.88 Å². The predicted molar refractivity (Wildman–Crippen MR) is 83.7 cm³/mol. The smallest absolute Gasteiger partial charge is 0.239 e. The van der Waals surface area contributed by atoms with Gasteiger partial charge in [0.1, 0.15) is 5.82 Å². The molecule has 0 fully saturated rings. The quantitative estimate of drug-likeness (QED) is 0.904. The summed E-state index contributed by atoms with van der Waals surface area (Å²) in [6.07, 6.45) is 0.930. The Balaban J connectivity index is 2.30. The van der Waals surface area contributed by atoms with E-state index in [2.05, 4.69) is 31.0 Å². The summed E-state index contributed by atoms with van der Waals surface area (Å²) in [5.74, 6) is 1.32. The van der Waals surface area contributed by atoms with Crippen LogP contribution in [0.4, 0.5) is 17.2 Å². The van der Waals surface area contributed by atoms with Gasteiger partial charge in [-0.3, -0.25) is 0 Å². The van der Waals surface area contributed by atoms with E-state index in [0.717, 1.165) is 17.9 Å². The van der Waals surface area contributed by atoms with Gasteiger partial charge in [0.25, 0.3) is 0 Å². The van der Waals surface area contributed by atoms with Gasteiger partial charge in [-0.25, -0.2) is 0 Å². The predicted octanol–water partition coefficient (Wildman–Crippen LogP) is 3.53. The van der Waals surface area contributed by atoms with Crippen LogP contribution in [0.2, 0.25) is 0 Å². The molecule has 0 aliphatic carbocycles. The molecular formula is C16H21N3O. The van der Waals surface area contributed by atoms with Crippen molar-refractivity contribution < 1.29 is 4.74 Å². The van der Waals surface area contributed by atoms with Gasteiger partial charge in [-0.15, -0.1) is 0 Å². The Morgan fingerprint density at radius 1 is 1.20 bits per heavy atom. The number of benzene rings is 1. The topological polar surface area (TPSA) is 51.4 Å². The second kappa shape index (κ2) is 6.28. The SMILES string of the molecule is CCCOc1nc(N(C)c2ccccc2C)ccc1N. The number of pyridine rings is 1. The van der Waals surface area contributed by atoms with Gasteiger partial charge in [0, 0.05) is 12.7 Å². The second-order valence-electron chi connectivity index (χ2n) is 4.76. The van der Waals surface area contributed by atoms with Crippen molar-refractivity contribution in [2.24, 2.45) is 0 Å². The molecule has 0 radical (unpaired) electrons. The van der Waals surface area contributed by atoms with Crippen molar-refractivity contribution in [1.82, 2.24) is 4.98 Å². The molecule has 20 heavy (non-hydrogen) atoms. The number of nitrogen functional groups attached to an aromatic ring is 1. The number of ether oxygens (including phenoxy) is 1. The molecule has 0 bridgehead atoms. The molecule has 1 aromatic carbocycles. The maximum absolute atomic E-state index is 5.89. The Labute approximate surface area is 120 Å². The Kier molecular flexibility index (Phi) is 4.45. The van der Waals surface area contributed by atoms with Gasteiger partial charge in [0.15, 0.2) is 0 Å². The summed E-state index contributed by atoms with van der Waals surface area (Å²) in [5, 5.41) is 0. The van der Waals surface area contributed by atoms with Gasteiger partial charge in [0.05, 0.1) is 12.3 Å². The molecule has 0 aliphatic rings. The fraction of sp³-hybridized carbons (Fsp3) is 0.312. The van der Waals surface area contributed by atoms with Crippen molar-refractivity contribution in [3.05, 3.63) is 42.0 Å². The third-order valence-electron chi connectivity index (χ3n) is 3.14. The van der Waals surface area contributed by atoms with Crippen molar-refractivity contribution >= 4 is 17.2 Å². The lowest BCUT2D eigenvalue weighted by atomic mass is 10.2. The third-order valence-corrected chi connectivity index (χ3v) is 3.14. The summed E-state index contributed by atoms with van der Waals surface area (Å²) in [6.45, 7) is 4.76. The number of rotatable bonds is 5. The van der Waals surface area contributed by atoms with E-state index in [9.17, 15) is 0 Å². The van der Waals surface area contributed by atoms with E-state index in [1.54, 1.807) is 0 Å². The molecule has 0 amide bonds. The van der Waals surface area contributed by atoms with Gasteiger partial charge >= 0.3 is 0 Å². The third kappa shape index (κ3) is 3.02. The van der Waals surface area contributed by atoms with E-state index < -0.39 is 0 Å². The summed E-state index contributed by atoms with van der Waals surface area (Å²) < 4.78 is 5.58. The first kappa shape index (κ1) is 14.2. The van der Waals surface area contributed by atoms with Crippen LogP contribution in [-0.4, -0.2) is 18.6 Å². The van der Waals surface area contributed by atoms with E-state index in [4.69, 9.17) is 10.5 Å². The number of nitrogens with zero attached hydrogens (tertiary/aromatic N) is 2. The number of aryl methyl sites for hydroxylation is 1. The zero-order valence-electron chi connectivity index (χ0n) is 12.3. The molecule has 1 aromatic heterocycles. The van der Waals surface area contributed by atoms with Crippen molar-refractivity contribution in [2.75, 3.05) is 24.3 Å². The van der Waals surface area contributed by atoms with Crippen LogP contribution in [0.5, 0.6) is 5.88 Å². The van der Waals surface area contributed by atoms with Crippen LogP contribution in [0, 0.1) is 6.92 Å². The summed E-state index contributed by atoms with van der Waals surface area (Å²) in [6, 6.07) is 11.9. The highest BCUT2D eigenvalue weighted by molar-refractivity contribution is 5.65. The highest BCUT2D eigenvalue weighted by atomic mass is 16.5. The maximum atomic E-state index is 5.89. The molecule has 2 N–H and O–H groups in total. The minimum Gasteiger partial charge on any atom is -0.476 e. The van der Waals surface area contributed by atoms with Crippen LogP contribution in [0.1, 0.15) is 18.9 Å². The molecule has 4 nitrogen and oxygen atoms in total. The molecule has 2 aromatic rings. The van der Waals surface area contributed by atoms with Gasteiger partial charge < -0.3 is 15.4 Å². The minimum atomic E-state index is 0.504. The molecule has 0 saturated carbocycles. The fourth-order valence-corrected chi connectivity index (χ4v) is 2.01. The van der Waals surface area contributed by atoms with Gasteiger partial charge in [-0.1, -0.05) is 25.1 Å². The maximum Gasteiger partial charge on any atom is 0.239 e. The highest BCUT2D eigenvalue weighted by Crippen LogP contribution is 2.28. The zero-order valence-corrected chi connectivity index (χ0v) is 12.3. The average Bonchev–Trinajstić information content (AvgIpc) is 2.46. The van der Waals surface area contributed by atoms with Gasteiger partial charge in [-0.2, -0.15) is 4.98 Å². The molecular weight excluding hydrogens is 250 g/mol. The highest BCUT2D eigenvalue weighted by Gasteiger charge is 2.10. The summed E-state index contributed by atoms with van der Waals surface area (Å²) in [5.41, 5.74) is 8.78. The Morgan fingerprint density at radius 3 is 2.65 bits per heavy atom. The molecule has 0 unspecified atom stereocenters. The molecule has 0 spiro atoms. The summed E-state index contributed by atoms with van der Waals surface area (Å²) in [4.78, 5) is 6.54. The average molecular weight is 271 g/mol. The Morgan fingerprint density at radius 2 is 1.95 bits per heavy atom. The lowest BCUT2D eigenvalue weighted by Gasteiger charge is -2.21. The lowest BCUT2D eigenvalue weighted by Crippen LogP contribution is -2.13. The normalized spacial score (nSPS) is 10.3. The van der Waals surface area contributed by atoms with Crippen LogP contribution in [0.25, 0.3) is 0 Å². The fourth-order valence-electron chi connectivity index (χ4n) is 2.01. The van der Waals surface area contributed by atoms with Crippen molar-refractivity contribution in [2.45, 2.75) is 20.3 Å². The Hall–Kier alpha value is -2.23. The second-order valence-corrected chi connectivity index (χ2v) is 4.76.